The fourth-order valence-corrected chi connectivity index (χ4v) is 2.30. The molecule has 82 valence electrons. The zero-order valence-corrected chi connectivity index (χ0v) is 9.78. The first-order valence-electron chi connectivity index (χ1n) is 5.04. The molecular weight excluding hydrogens is 264 g/mol. The highest BCUT2D eigenvalue weighted by Gasteiger charge is 2.20. The fraction of sp³-hybridized carbons (Fsp3) is 0.455. The Morgan fingerprint density at radius 2 is 2.20 bits per heavy atom. The van der Waals surface area contributed by atoms with Crippen molar-refractivity contribution in [2.75, 3.05) is 6.54 Å². The molecule has 1 unspecified atom stereocenters. The molecule has 1 saturated heterocycles. The topological polar surface area (TPSA) is 12.0 Å². The minimum Gasteiger partial charge on any atom is -0.314 e. The van der Waals surface area contributed by atoms with Crippen LogP contribution in [0.1, 0.15) is 18.4 Å². The maximum atomic E-state index is 13.6. The quantitative estimate of drug-likeness (QED) is 0.819. The van der Waals surface area contributed by atoms with E-state index >= 15 is 0 Å². The Kier molecular flexibility index (Phi) is 3.36. The van der Waals surface area contributed by atoms with Gasteiger partial charge in [-0.25, -0.2) is 8.78 Å². The second-order valence-electron chi connectivity index (χ2n) is 3.82. The summed E-state index contributed by atoms with van der Waals surface area (Å²) in [6.45, 7) is 0.946. The van der Waals surface area contributed by atoms with Gasteiger partial charge in [0.25, 0.3) is 0 Å². The summed E-state index contributed by atoms with van der Waals surface area (Å²) < 4.78 is 27.3. The predicted molar refractivity (Wildman–Crippen MR) is 58.8 cm³/mol. The van der Waals surface area contributed by atoms with Crippen LogP contribution in [0.3, 0.4) is 0 Å². The molecule has 1 aromatic carbocycles. The molecule has 1 aliphatic rings. The molecule has 0 aliphatic carbocycles. The largest absolute Gasteiger partial charge is 0.314 e. The van der Waals surface area contributed by atoms with Gasteiger partial charge in [0.05, 0.1) is 4.47 Å². The molecule has 1 fully saturated rings. The van der Waals surface area contributed by atoms with Crippen molar-refractivity contribution in [3.05, 3.63) is 33.8 Å². The van der Waals surface area contributed by atoms with Gasteiger partial charge in [-0.1, -0.05) is 0 Å². The van der Waals surface area contributed by atoms with E-state index in [2.05, 4.69) is 21.2 Å². The first-order valence-corrected chi connectivity index (χ1v) is 5.83. The molecule has 1 N–H and O–H groups in total. The maximum Gasteiger partial charge on any atom is 0.143 e. The fourth-order valence-electron chi connectivity index (χ4n) is 1.93. The average Bonchev–Trinajstić information content (AvgIpc) is 2.71. The van der Waals surface area contributed by atoms with Gasteiger partial charge in [0, 0.05) is 11.6 Å². The Hall–Kier alpha value is -0.480. The standard InChI is InChI=1S/C11H12BrF2N/c12-9-3-4-10(13)8(11(9)14)6-7-2-1-5-15-7/h3-4,7,15H,1-2,5-6H2. The van der Waals surface area contributed by atoms with Gasteiger partial charge in [-0.2, -0.15) is 0 Å². The van der Waals surface area contributed by atoms with Crippen LogP contribution in [-0.4, -0.2) is 12.6 Å². The highest BCUT2D eigenvalue weighted by atomic mass is 79.9. The lowest BCUT2D eigenvalue weighted by Crippen LogP contribution is -2.24. The molecule has 1 nitrogen and oxygen atoms in total. The van der Waals surface area contributed by atoms with E-state index in [0.717, 1.165) is 19.4 Å². The molecule has 15 heavy (non-hydrogen) atoms. The van der Waals surface area contributed by atoms with Gasteiger partial charge in [-0.05, 0) is 53.9 Å². The van der Waals surface area contributed by atoms with Crippen molar-refractivity contribution in [2.45, 2.75) is 25.3 Å². The van der Waals surface area contributed by atoms with E-state index in [1.807, 2.05) is 0 Å². The van der Waals surface area contributed by atoms with E-state index in [4.69, 9.17) is 0 Å². The Bertz CT molecular complexity index is 362. The van der Waals surface area contributed by atoms with Crippen LogP contribution in [0.2, 0.25) is 0 Å². The van der Waals surface area contributed by atoms with E-state index in [1.165, 1.54) is 12.1 Å². The van der Waals surface area contributed by atoms with Crippen molar-refractivity contribution >= 4 is 15.9 Å². The summed E-state index contributed by atoms with van der Waals surface area (Å²) >= 11 is 3.07. The third-order valence-electron chi connectivity index (χ3n) is 2.75. The minimum atomic E-state index is -0.469. The van der Waals surface area contributed by atoms with Crippen LogP contribution in [-0.2, 0) is 6.42 Å². The number of nitrogens with one attached hydrogen (secondary N) is 1. The SMILES string of the molecule is Fc1ccc(Br)c(F)c1CC1CCCN1. The molecule has 1 aromatic rings. The number of benzene rings is 1. The number of hydrogen-bond acceptors (Lipinski definition) is 1. The highest BCUT2D eigenvalue weighted by Crippen LogP contribution is 2.24. The molecule has 0 spiro atoms. The van der Waals surface area contributed by atoms with Crippen LogP contribution in [0.25, 0.3) is 0 Å². The van der Waals surface area contributed by atoms with Crippen molar-refractivity contribution in [1.82, 2.24) is 5.32 Å². The van der Waals surface area contributed by atoms with Gasteiger partial charge in [-0.15, -0.1) is 0 Å². The summed E-state index contributed by atoms with van der Waals surface area (Å²) in [5.41, 5.74) is 0.184. The monoisotopic (exact) mass is 275 g/mol. The summed E-state index contributed by atoms with van der Waals surface area (Å²) in [5.74, 6) is -0.923. The number of halogens is 3. The van der Waals surface area contributed by atoms with E-state index in [-0.39, 0.29) is 11.6 Å². The lowest BCUT2D eigenvalue weighted by molar-refractivity contribution is 0.516. The van der Waals surface area contributed by atoms with Crippen LogP contribution in [0, 0.1) is 11.6 Å². The van der Waals surface area contributed by atoms with E-state index in [0.29, 0.717) is 10.9 Å². The summed E-state index contributed by atoms with van der Waals surface area (Å²) in [6.07, 6.45) is 2.50. The molecule has 0 aromatic heterocycles. The molecule has 1 atom stereocenters. The van der Waals surface area contributed by atoms with Gasteiger partial charge in [0.1, 0.15) is 11.6 Å². The van der Waals surface area contributed by atoms with Gasteiger partial charge < -0.3 is 5.32 Å². The molecule has 0 bridgehead atoms. The van der Waals surface area contributed by atoms with Gasteiger partial charge >= 0.3 is 0 Å². The third-order valence-corrected chi connectivity index (χ3v) is 3.36. The van der Waals surface area contributed by atoms with Crippen molar-refractivity contribution in [3.8, 4) is 0 Å². The van der Waals surface area contributed by atoms with Crippen LogP contribution in [0.4, 0.5) is 8.78 Å². The van der Waals surface area contributed by atoms with E-state index in [1.54, 1.807) is 0 Å². The molecule has 1 aliphatic heterocycles. The lowest BCUT2D eigenvalue weighted by Gasteiger charge is -2.12. The molecule has 4 heteroatoms. The molecule has 0 radical (unpaired) electrons. The van der Waals surface area contributed by atoms with E-state index < -0.39 is 11.6 Å². The van der Waals surface area contributed by atoms with Crippen molar-refractivity contribution in [3.63, 3.8) is 0 Å². The molecular formula is C11H12BrF2N. The summed E-state index contributed by atoms with van der Waals surface area (Å²) in [6, 6.07) is 2.91. The minimum absolute atomic E-state index is 0.184. The van der Waals surface area contributed by atoms with Crippen molar-refractivity contribution in [1.29, 1.82) is 0 Å². The first kappa shape index (κ1) is 11.0. The summed E-state index contributed by atoms with van der Waals surface area (Å²) in [4.78, 5) is 0. The molecule has 0 saturated carbocycles. The Morgan fingerprint density at radius 1 is 1.40 bits per heavy atom. The van der Waals surface area contributed by atoms with Gasteiger partial charge in [-0.3, -0.25) is 0 Å². The Balaban J connectivity index is 2.22. The molecule has 0 amide bonds. The summed E-state index contributed by atoms with van der Waals surface area (Å²) in [7, 11) is 0. The van der Waals surface area contributed by atoms with Crippen molar-refractivity contribution < 1.29 is 8.78 Å². The maximum absolute atomic E-state index is 13.6. The summed E-state index contributed by atoms with van der Waals surface area (Å²) in [5, 5.41) is 3.23. The Labute approximate surface area is 96.0 Å². The smallest absolute Gasteiger partial charge is 0.143 e. The predicted octanol–water partition coefficient (Wildman–Crippen LogP) is 3.02. The second-order valence-corrected chi connectivity index (χ2v) is 4.67. The van der Waals surface area contributed by atoms with Crippen LogP contribution in [0.15, 0.2) is 16.6 Å². The lowest BCUT2D eigenvalue weighted by atomic mass is 10.0. The van der Waals surface area contributed by atoms with Crippen LogP contribution < -0.4 is 5.32 Å². The van der Waals surface area contributed by atoms with Crippen LogP contribution >= 0.6 is 15.9 Å². The van der Waals surface area contributed by atoms with E-state index in [9.17, 15) is 8.78 Å². The third kappa shape index (κ3) is 2.37. The highest BCUT2D eigenvalue weighted by molar-refractivity contribution is 9.10. The number of hydrogen-bond donors (Lipinski definition) is 1. The van der Waals surface area contributed by atoms with Gasteiger partial charge in [0.15, 0.2) is 0 Å². The Morgan fingerprint density at radius 3 is 2.87 bits per heavy atom. The number of rotatable bonds is 2. The zero-order chi connectivity index (χ0) is 10.8. The van der Waals surface area contributed by atoms with Crippen LogP contribution in [0.5, 0.6) is 0 Å². The normalized spacial score (nSPS) is 20.9. The molecule has 2 rings (SSSR count). The van der Waals surface area contributed by atoms with Gasteiger partial charge in [0.2, 0.25) is 0 Å². The zero-order valence-electron chi connectivity index (χ0n) is 8.19. The molecule has 1 heterocycles. The first-order chi connectivity index (χ1) is 7.18. The van der Waals surface area contributed by atoms with Crippen molar-refractivity contribution in [2.24, 2.45) is 0 Å². The second kappa shape index (κ2) is 4.58. The average molecular weight is 276 g/mol.